The fraction of sp³-hybridized carbons (Fsp3) is 0.516. The molecule has 1 atom stereocenters. The lowest BCUT2D eigenvalue weighted by molar-refractivity contribution is 0.194. The van der Waals surface area contributed by atoms with Crippen molar-refractivity contribution in [3.05, 3.63) is 54.5 Å². The van der Waals surface area contributed by atoms with Crippen LogP contribution in [0, 0.1) is 0 Å². The van der Waals surface area contributed by atoms with Crippen molar-refractivity contribution in [3.63, 3.8) is 0 Å². The lowest BCUT2D eigenvalue weighted by Crippen LogP contribution is -2.40. The smallest absolute Gasteiger partial charge is 0.321 e. The van der Waals surface area contributed by atoms with Gasteiger partial charge in [-0.1, -0.05) is 25.8 Å². The number of fused-ring (bicyclic) bond motifs is 1. The molecule has 3 fully saturated rings. The molecular weight excluding hydrogens is 520 g/mol. The standard InChI is InChI=1S/C29H36N6O2S.C2H6/c1-38-35-17-12-25(19-35)37-24-8-9-26-27(18-24)30-20-31-28(26)21-10-15-34(16-11-21)29(36)32-22-4-6-23(7-5-22)33-13-2-3-14-33;1-2/h4-9,18,20-21,25H,2-3,10-17,19H2,1H3,(H,32,36);1-2H3. The summed E-state index contributed by atoms with van der Waals surface area (Å²) in [6, 6.07) is 14.4. The van der Waals surface area contributed by atoms with E-state index in [0.29, 0.717) is 19.0 Å². The summed E-state index contributed by atoms with van der Waals surface area (Å²) in [4.78, 5) is 26.5. The Morgan fingerprint density at radius 2 is 1.70 bits per heavy atom. The number of amides is 2. The average molecular weight is 563 g/mol. The predicted octanol–water partition coefficient (Wildman–Crippen LogP) is 6.40. The largest absolute Gasteiger partial charge is 0.489 e. The zero-order valence-corrected chi connectivity index (χ0v) is 24.8. The molecule has 0 spiro atoms. The van der Waals surface area contributed by atoms with E-state index in [4.69, 9.17) is 4.74 Å². The average Bonchev–Trinajstić information content (AvgIpc) is 3.71. The van der Waals surface area contributed by atoms with Crippen LogP contribution in [0.1, 0.15) is 57.6 Å². The Morgan fingerprint density at radius 3 is 2.40 bits per heavy atom. The van der Waals surface area contributed by atoms with E-state index in [2.05, 4.69) is 55.0 Å². The topological polar surface area (TPSA) is 73.8 Å². The van der Waals surface area contributed by atoms with E-state index in [9.17, 15) is 4.79 Å². The van der Waals surface area contributed by atoms with Crippen LogP contribution in [0.15, 0.2) is 48.8 Å². The van der Waals surface area contributed by atoms with Crippen molar-refractivity contribution < 1.29 is 9.53 Å². The number of aromatic nitrogens is 2. The lowest BCUT2D eigenvalue weighted by atomic mass is 9.91. The van der Waals surface area contributed by atoms with E-state index in [1.807, 2.05) is 36.9 Å². The zero-order valence-electron chi connectivity index (χ0n) is 24.0. The Balaban J connectivity index is 0.00000158. The number of hydrogen-bond acceptors (Lipinski definition) is 7. The summed E-state index contributed by atoms with van der Waals surface area (Å²) >= 11 is 1.78. The van der Waals surface area contributed by atoms with Crippen LogP contribution in [-0.2, 0) is 0 Å². The molecule has 2 amide bonds. The number of ether oxygens (including phenoxy) is 1. The van der Waals surface area contributed by atoms with Gasteiger partial charge in [0.25, 0.3) is 0 Å². The van der Waals surface area contributed by atoms with Crippen molar-refractivity contribution >= 4 is 40.3 Å². The number of carbonyl (C=O) groups excluding carboxylic acids is 1. The highest BCUT2D eigenvalue weighted by molar-refractivity contribution is 7.96. The summed E-state index contributed by atoms with van der Waals surface area (Å²) in [7, 11) is 0. The summed E-state index contributed by atoms with van der Waals surface area (Å²) in [5.41, 5.74) is 4.08. The first-order valence-corrected chi connectivity index (χ1v) is 16.0. The van der Waals surface area contributed by atoms with E-state index < -0.39 is 0 Å². The molecule has 3 aliphatic heterocycles. The Labute approximate surface area is 242 Å². The van der Waals surface area contributed by atoms with Crippen molar-refractivity contribution in [2.75, 3.05) is 55.7 Å². The Hall–Kier alpha value is -3.04. The predicted molar refractivity (Wildman–Crippen MR) is 165 cm³/mol. The normalized spacial score (nSPS) is 19.9. The third-order valence-electron chi connectivity index (χ3n) is 8.07. The number of piperidine rings is 1. The molecule has 0 bridgehead atoms. The molecular formula is C31H42N6O2S. The van der Waals surface area contributed by atoms with Gasteiger partial charge in [-0.25, -0.2) is 19.1 Å². The first kappa shape index (κ1) is 28.5. The quantitative estimate of drug-likeness (QED) is 0.349. The number of carbonyl (C=O) groups is 1. The van der Waals surface area contributed by atoms with E-state index in [0.717, 1.165) is 73.5 Å². The molecule has 6 rings (SSSR count). The van der Waals surface area contributed by atoms with Gasteiger partial charge in [-0.3, -0.25) is 0 Å². The maximum absolute atomic E-state index is 12.9. The van der Waals surface area contributed by atoms with Crippen LogP contribution in [0.2, 0.25) is 0 Å². The summed E-state index contributed by atoms with van der Waals surface area (Å²) < 4.78 is 8.59. The number of hydrogen-bond donors (Lipinski definition) is 1. The second-order valence-corrected chi connectivity index (χ2v) is 11.4. The molecule has 2 aromatic carbocycles. The third-order valence-corrected chi connectivity index (χ3v) is 8.91. The zero-order chi connectivity index (χ0) is 27.9. The maximum Gasteiger partial charge on any atom is 0.321 e. The first-order chi connectivity index (χ1) is 19.7. The first-order valence-electron chi connectivity index (χ1n) is 14.8. The summed E-state index contributed by atoms with van der Waals surface area (Å²) in [6.45, 7) is 9.67. The van der Waals surface area contributed by atoms with Crippen LogP contribution < -0.4 is 15.0 Å². The van der Waals surface area contributed by atoms with Crippen molar-refractivity contribution in [1.82, 2.24) is 19.2 Å². The second-order valence-electron chi connectivity index (χ2n) is 10.5. The van der Waals surface area contributed by atoms with E-state index in [1.54, 1.807) is 18.3 Å². The van der Waals surface area contributed by atoms with Gasteiger partial charge < -0.3 is 19.9 Å². The van der Waals surface area contributed by atoms with Crippen molar-refractivity contribution in [2.24, 2.45) is 0 Å². The minimum atomic E-state index is -0.0290. The van der Waals surface area contributed by atoms with Crippen LogP contribution in [-0.4, -0.2) is 76.8 Å². The summed E-state index contributed by atoms with van der Waals surface area (Å²) in [5.74, 6) is 1.18. The number of nitrogens with zero attached hydrogens (tertiary/aromatic N) is 5. The van der Waals surface area contributed by atoms with Crippen LogP contribution >= 0.6 is 11.9 Å². The SMILES string of the molecule is CC.CSN1CCC(Oc2ccc3c(C4CCN(C(=O)Nc5ccc(N6CCCC6)cc5)CC4)ncnc3c2)C1. The highest BCUT2D eigenvalue weighted by atomic mass is 32.2. The van der Waals surface area contributed by atoms with Gasteiger partial charge in [0.1, 0.15) is 18.2 Å². The van der Waals surface area contributed by atoms with Crippen LogP contribution in [0.25, 0.3) is 10.9 Å². The van der Waals surface area contributed by atoms with Crippen molar-refractivity contribution in [3.8, 4) is 5.75 Å². The second kappa shape index (κ2) is 13.5. The fourth-order valence-corrected chi connectivity index (χ4v) is 6.50. The van der Waals surface area contributed by atoms with Crippen LogP contribution in [0.5, 0.6) is 5.75 Å². The molecule has 40 heavy (non-hydrogen) atoms. The Bertz CT molecular complexity index is 1260. The van der Waals surface area contributed by atoms with E-state index >= 15 is 0 Å². The number of nitrogens with one attached hydrogen (secondary N) is 1. The van der Waals surface area contributed by atoms with Crippen molar-refractivity contribution in [2.45, 2.75) is 58.0 Å². The van der Waals surface area contributed by atoms with Gasteiger partial charge in [-0.2, -0.15) is 0 Å². The molecule has 0 saturated carbocycles. The summed E-state index contributed by atoms with van der Waals surface area (Å²) in [5, 5.41) is 4.16. The molecule has 0 radical (unpaired) electrons. The monoisotopic (exact) mass is 562 g/mol. The number of anilines is 2. The number of rotatable bonds is 6. The number of urea groups is 1. The molecule has 0 aliphatic carbocycles. The van der Waals surface area contributed by atoms with Gasteiger partial charge in [-0.05, 0) is 74.8 Å². The van der Waals surface area contributed by atoms with Crippen molar-refractivity contribution in [1.29, 1.82) is 0 Å². The van der Waals surface area contributed by atoms with Gasteiger partial charge in [0, 0.05) is 68.0 Å². The van der Waals surface area contributed by atoms with Crippen LogP contribution in [0.3, 0.4) is 0 Å². The van der Waals surface area contributed by atoms with E-state index in [1.165, 1.54) is 18.5 Å². The molecule has 3 aliphatic rings. The van der Waals surface area contributed by atoms with Gasteiger partial charge in [0.05, 0.1) is 11.2 Å². The molecule has 214 valence electrons. The molecule has 1 unspecified atom stereocenters. The summed E-state index contributed by atoms with van der Waals surface area (Å²) in [6.07, 6.45) is 9.33. The number of likely N-dealkylation sites (tertiary alicyclic amines) is 1. The minimum absolute atomic E-state index is 0.0290. The molecule has 4 heterocycles. The molecule has 3 aromatic rings. The molecule has 1 aromatic heterocycles. The van der Waals surface area contributed by atoms with Gasteiger partial charge in [0.2, 0.25) is 0 Å². The molecule has 1 N–H and O–H groups in total. The van der Waals surface area contributed by atoms with Gasteiger partial charge >= 0.3 is 6.03 Å². The van der Waals surface area contributed by atoms with Gasteiger partial charge in [0.15, 0.2) is 0 Å². The minimum Gasteiger partial charge on any atom is -0.489 e. The Morgan fingerprint density at radius 1 is 0.950 bits per heavy atom. The Kier molecular flexibility index (Phi) is 9.65. The number of benzene rings is 2. The van der Waals surface area contributed by atoms with Gasteiger partial charge in [-0.15, -0.1) is 0 Å². The molecule has 3 saturated heterocycles. The van der Waals surface area contributed by atoms with Crippen LogP contribution in [0.4, 0.5) is 16.2 Å². The third kappa shape index (κ3) is 6.63. The highest BCUT2D eigenvalue weighted by Gasteiger charge is 2.27. The molecule has 9 heteroatoms. The van der Waals surface area contributed by atoms with E-state index in [-0.39, 0.29) is 12.1 Å². The maximum atomic E-state index is 12.9. The molecule has 8 nitrogen and oxygen atoms in total. The fourth-order valence-electron chi connectivity index (χ4n) is 5.90. The lowest BCUT2D eigenvalue weighted by Gasteiger charge is -2.32. The highest BCUT2D eigenvalue weighted by Crippen LogP contribution is 2.33.